The largest absolute Gasteiger partial charge is 0.346 e. The fourth-order valence-electron chi connectivity index (χ4n) is 5.09. The van der Waals surface area contributed by atoms with Crippen LogP contribution in [0.1, 0.15) is 5.56 Å². The maximum absolute atomic E-state index is 12.5. The van der Waals surface area contributed by atoms with Crippen molar-refractivity contribution in [2.45, 2.75) is 6.54 Å². The van der Waals surface area contributed by atoms with Crippen LogP contribution in [0.3, 0.4) is 0 Å². The quantitative estimate of drug-likeness (QED) is 0.248. The van der Waals surface area contributed by atoms with Crippen molar-refractivity contribution in [3.05, 3.63) is 103 Å². The number of fused-ring (bicyclic) bond motifs is 1. The molecule has 1 aliphatic rings. The van der Waals surface area contributed by atoms with E-state index >= 15 is 0 Å². The van der Waals surface area contributed by atoms with Crippen LogP contribution in [0.25, 0.3) is 33.3 Å². The molecule has 0 bridgehead atoms. The maximum Gasteiger partial charge on any atom is 0.323 e. The van der Waals surface area contributed by atoms with Gasteiger partial charge in [-0.2, -0.15) is 0 Å². The Balaban J connectivity index is 1.22. The molecule has 2 amide bonds. The van der Waals surface area contributed by atoms with Gasteiger partial charge in [-0.3, -0.25) is 4.90 Å². The molecule has 39 heavy (non-hydrogen) atoms. The lowest BCUT2D eigenvalue weighted by atomic mass is 10.0. The topological polar surface area (TPSA) is 76.3 Å². The number of H-pyrrole nitrogens is 1. The van der Waals surface area contributed by atoms with E-state index < -0.39 is 0 Å². The average Bonchev–Trinajstić information content (AvgIpc) is 3.39. The Kier molecular flexibility index (Phi) is 7.08. The number of piperazine rings is 1. The second-order valence-electron chi connectivity index (χ2n) is 10.1. The van der Waals surface area contributed by atoms with Gasteiger partial charge in [-0.1, -0.05) is 48.5 Å². The first-order valence-electron chi connectivity index (χ1n) is 13.3. The zero-order valence-electron chi connectivity index (χ0n) is 22.0. The molecular weight excluding hydrogens is 484 g/mol. The van der Waals surface area contributed by atoms with E-state index in [-0.39, 0.29) is 6.03 Å². The Bertz CT molecular complexity index is 1590. The molecule has 0 radical (unpaired) electrons. The van der Waals surface area contributed by atoms with Gasteiger partial charge in [-0.05, 0) is 60.1 Å². The number of likely N-dealkylation sites (N-methyl/N-ethyl adjacent to an activating group) is 1. The first kappa shape index (κ1) is 24.9. The molecule has 7 heteroatoms. The highest BCUT2D eigenvalue weighted by Gasteiger charge is 2.15. The monoisotopic (exact) mass is 516 g/mol. The summed E-state index contributed by atoms with van der Waals surface area (Å²) in [5, 5.41) is 6.84. The number of aromatic nitrogens is 2. The van der Waals surface area contributed by atoms with Crippen LogP contribution in [0.5, 0.6) is 0 Å². The molecule has 0 atom stereocenters. The van der Waals surface area contributed by atoms with Crippen molar-refractivity contribution in [2.24, 2.45) is 0 Å². The Morgan fingerprint density at radius 2 is 1.56 bits per heavy atom. The third-order valence-corrected chi connectivity index (χ3v) is 7.26. The van der Waals surface area contributed by atoms with Gasteiger partial charge in [-0.15, -0.1) is 0 Å². The zero-order valence-corrected chi connectivity index (χ0v) is 22.0. The fourth-order valence-corrected chi connectivity index (χ4v) is 5.09. The molecule has 1 saturated heterocycles. The van der Waals surface area contributed by atoms with Crippen molar-refractivity contribution < 1.29 is 4.79 Å². The smallest absolute Gasteiger partial charge is 0.323 e. The van der Waals surface area contributed by atoms with Crippen molar-refractivity contribution in [3.8, 4) is 22.3 Å². The summed E-state index contributed by atoms with van der Waals surface area (Å²) in [5.74, 6) is 0. The number of amides is 2. The molecule has 6 rings (SSSR count). The van der Waals surface area contributed by atoms with Gasteiger partial charge < -0.3 is 20.5 Å². The normalized spacial score (nSPS) is 14.4. The molecular formula is C32H32N6O. The van der Waals surface area contributed by atoms with Crippen LogP contribution < -0.4 is 10.6 Å². The summed E-state index contributed by atoms with van der Waals surface area (Å²) in [5.41, 5.74) is 7.91. The highest BCUT2D eigenvalue weighted by Crippen LogP contribution is 2.32. The van der Waals surface area contributed by atoms with E-state index in [1.807, 2.05) is 67.0 Å². The molecule has 3 aromatic carbocycles. The first-order valence-corrected chi connectivity index (χ1v) is 13.3. The Morgan fingerprint density at radius 3 is 2.41 bits per heavy atom. The molecule has 1 aliphatic heterocycles. The van der Waals surface area contributed by atoms with Crippen LogP contribution in [0.15, 0.2) is 97.3 Å². The molecule has 2 aromatic heterocycles. The lowest BCUT2D eigenvalue weighted by Gasteiger charge is -2.32. The van der Waals surface area contributed by atoms with E-state index in [0.29, 0.717) is 0 Å². The van der Waals surface area contributed by atoms with Crippen LogP contribution in [0.2, 0.25) is 0 Å². The minimum absolute atomic E-state index is 0.280. The highest BCUT2D eigenvalue weighted by atomic mass is 16.2. The standard InChI is InChI=1S/C32H32N6O/c1-37-13-15-38(16-14-37)22-23-7-5-8-24(17-23)26-19-29-30(21-34-31(29)33-20-26)25-9-6-12-28(18-25)36-32(39)35-27-10-3-2-4-11-27/h2-12,17-21H,13-16,22H2,1H3,(H,33,34)(H2,35,36,39). The third kappa shape index (κ3) is 5.85. The maximum atomic E-state index is 12.5. The van der Waals surface area contributed by atoms with Gasteiger partial charge in [0.05, 0.1) is 0 Å². The van der Waals surface area contributed by atoms with Gasteiger partial charge >= 0.3 is 6.03 Å². The van der Waals surface area contributed by atoms with Gasteiger partial charge in [0.1, 0.15) is 5.65 Å². The third-order valence-electron chi connectivity index (χ3n) is 7.26. The number of pyridine rings is 1. The van der Waals surface area contributed by atoms with Crippen LogP contribution in [-0.4, -0.2) is 59.0 Å². The van der Waals surface area contributed by atoms with E-state index in [9.17, 15) is 4.79 Å². The van der Waals surface area contributed by atoms with E-state index in [4.69, 9.17) is 4.98 Å². The molecule has 1 fully saturated rings. The lowest BCUT2D eigenvalue weighted by Crippen LogP contribution is -2.43. The molecule has 3 N–H and O–H groups in total. The first-order chi connectivity index (χ1) is 19.1. The molecule has 196 valence electrons. The number of rotatable bonds is 6. The van der Waals surface area contributed by atoms with Crippen LogP contribution in [0.4, 0.5) is 16.2 Å². The number of benzene rings is 3. The molecule has 7 nitrogen and oxygen atoms in total. The number of nitrogens with zero attached hydrogens (tertiary/aromatic N) is 3. The van der Waals surface area contributed by atoms with Crippen LogP contribution >= 0.6 is 0 Å². The Labute approximate surface area is 228 Å². The number of carbonyl (C=O) groups is 1. The fraction of sp³-hybridized carbons (Fsp3) is 0.188. The summed E-state index contributed by atoms with van der Waals surface area (Å²) >= 11 is 0. The van der Waals surface area contributed by atoms with Crippen LogP contribution in [-0.2, 0) is 6.54 Å². The number of urea groups is 1. The number of aromatic amines is 1. The lowest BCUT2D eigenvalue weighted by molar-refractivity contribution is 0.148. The van der Waals surface area contributed by atoms with Gasteiger partial charge in [0.2, 0.25) is 0 Å². The predicted molar refractivity (Wildman–Crippen MR) is 159 cm³/mol. The number of hydrogen-bond donors (Lipinski definition) is 3. The van der Waals surface area contributed by atoms with Crippen molar-refractivity contribution >= 4 is 28.4 Å². The van der Waals surface area contributed by atoms with Crippen molar-refractivity contribution in [1.29, 1.82) is 0 Å². The van der Waals surface area contributed by atoms with Gasteiger partial charge in [0.15, 0.2) is 0 Å². The van der Waals surface area contributed by atoms with E-state index in [2.05, 4.69) is 62.8 Å². The predicted octanol–water partition coefficient (Wildman–Crippen LogP) is 6.29. The summed E-state index contributed by atoms with van der Waals surface area (Å²) < 4.78 is 0. The Hall–Kier alpha value is -4.46. The summed E-state index contributed by atoms with van der Waals surface area (Å²) in [4.78, 5) is 25.4. The molecule has 0 saturated carbocycles. The summed E-state index contributed by atoms with van der Waals surface area (Å²) in [6.45, 7) is 5.39. The molecule has 5 aromatic rings. The van der Waals surface area contributed by atoms with Gasteiger partial charge in [-0.25, -0.2) is 9.78 Å². The van der Waals surface area contributed by atoms with Gasteiger partial charge in [0.25, 0.3) is 0 Å². The zero-order chi connectivity index (χ0) is 26.6. The van der Waals surface area contributed by atoms with Gasteiger partial charge in [0, 0.05) is 73.0 Å². The molecule has 0 aliphatic carbocycles. The SMILES string of the molecule is CN1CCN(Cc2cccc(-c3cnc4[nH]cc(-c5cccc(NC(=O)Nc6ccccc6)c5)c4c3)c2)CC1. The highest BCUT2D eigenvalue weighted by molar-refractivity contribution is 6.01. The number of nitrogens with one attached hydrogen (secondary N) is 3. The molecule has 0 spiro atoms. The second-order valence-corrected chi connectivity index (χ2v) is 10.1. The summed E-state index contributed by atoms with van der Waals surface area (Å²) in [7, 11) is 2.19. The van der Waals surface area contributed by atoms with Crippen LogP contribution in [0, 0.1) is 0 Å². The summed E-state index contributed by atoms with van der Waals surface area (Å²) in [6, 6.07) is 28.0. The van der Waals surface area contributed by atoms with Crippen molar-refractivity contribution in [1.82, 2.24) is 19.8 Å². The van der Waals surface area contributed by atoms with Crippen molar-refractivity contribution in [3.63, 3.8) is 0 Å². The van der Waals surface area contributed by atoms with E-state index in [0.717, 1.165) is 77.4 Å². The number of carbonyl (C=O) groups excluding carboxylic acids is 1. The minimum Gasteiger partial charge on any atom is -0.346 e. The average molecular weight is 517 g/mol. The number of anilines is 2. The number of hydrogen-bond acceptors (Lipinski definition) is 4. The number of para-hydroxylation sites is 1. The Morgan fingerprint density at radius 1 is 0.821 bits per heavy atom. The molecule has 3 heterocycles. The molecule has 0 unspecified atom stereocenters. The van der Waals surface area contributed by atoms with E-state index in [1.54, 1.807) is 0 Å². The second kappa shape index (κ2) is 11.1. The summed E-state index contributed by atoms with van der Waals surface area (Å²) in [6.07, 6.45) is 3.91. The minimum atomic E-state index is -0.280. The van der Waals surface area contributed by atoms with Crippen molar-refractivity contribution in [2.75, 3.05) is 43.9 Å². The van der Waals surface area contributed by atoms with E-state index in [1.165, 1.54) is 5.56 Å².